The number of allylic oxidation sites excluding steroid dienone is 8. The van der Waals surface area contributed by atoms with Crippen LogP contribution in [0.15, 0.2) is 41.2 Å². The van der Waals surface area contributed by atoms with Gasteiger partial charge < -0.3 is 0 Å². The van der Waals surface area contributed by atoms with Crippen LogP contribution in [-0.2, 0) is 17.4 Å². The van der Waals surface area contributed by atoms with E-state index in [1.54, 1.807) is 37.3 Å². The van der Waals surface area contributed by atoms with Crippen LogP contribution in [-0.4, -0.2) is 3.81 Å². The van der Waals surface area contributed by atoms with Crippen molar-refractivity contribution in [3.8, 4) is 0 Å². The van der Waals surface area contributed by atoms with Gasteiger partial charge in [0.2, 0.25) is 0 Å². The van der Waals surface area contributed by atoms with Gasteiger partial charge in [-0.05, 0) is 0 Å². The van der Waals surface area contributed by atoms with Crippen molar-refractivity contribution in [1.29, 1.82) is 0 Å². The first-order valence-corrected chi connectivity index (χ1v) is 10.9. The van der Waals surface area contributed by atoms with Gasteiger partial charge in [-0.15, -0.1) is 24.8 Å². The van der Waals surface area contributed by atoms with Crippen LogP contribution >= 0.6 is 24.8 Å². The zero-order valence-corrected chi connectivity index (χ0v) is 20.2. The molecule has 2 unspecified atom stereocenters. The molecule has 0 N–H and O–H groups in total. The minimum atomic E-state index is -1.55. The van der Waals surface area contributed by atoms with Crippen molar-refractivity contribution < 1.29 is 17.4 Å². The molecule has 2 aliphatic rings. The molecule has 3 heteroatoms. The van der Waals surface area contributed by atoms with Gasteiger partial charge in [0.05, 0.1) is 0 Å². The van der Waals surface area contributed by atoms with Crippen LogP contribution in [0.3, 0.4) is 0 Å². The predicted octanol–water partition coefficient (Wildman–Crippen LogP) is 7.18. The molecule has 136 valence electrons. The number of halogens is 2. The third-order valence-corrected chi connectivity index (χ3v) is 12.1. The molecule has 2 aliphatic carbocycles. The summed E-state index contributed by atoms with van der Waals surface area (Å²) in [6, 6.07) is 0. The van der Waals surface area contributed by atoms with Crippen LogP contribution in [0.4, 0.5) is 0 Å². The fourth-order valence-corrected chi connectivity index (χ4v) is 10.1. The molecule has 0 aliphatic heterocycles. The van der Waals surface area contributed by atoms with Crippen molar-refractivity contribution in [2.24, 2.45) is 11.8 Å². The van der Waals surface area contributed by atoms with Gasteiger partial charge in [-0.3, -0.25) is 0 Å². The summed E-state index contributed by atoms with van der Waals surface area (Å²) in [6.45, 7) is 23.7. The molecular weight excluding hydrogens is 371 g/mol. The average molecular weight is 405 g/mol. The topological polar surface area (TPSA) is 0 Å². The molecule has 2 atom stereocenters. The Hall–Kier alpha value is 0.124. The monoisotopic (exact) mass is 404 g/mol. The molecule has 0 spiro atoms. The van der Waals surface area contributed by atoms with Crippen molar-refractivity contribution in [3.05, 3.63) is 41.2 Å². The Balaban J connectivity index is 0.00000264. The summed E-state index contributed by atoms with van der Waals surface area (Å²) in [5, 5.41) is 0. The van der Waals surface area contributed by atoms with Crippen LogP contribution < -0.4 is 0 Å². The summed E-state index contributed by atoms with van der Waals surface area (Å²) in [5.41, 5.74) is 9.53. The van der Waals surface area contributed by atoms with E-state index in [-0.39, 0.29) is 24.8 Å². The van der Waals surface area contributed by atoms with Crippen LogP contribution in [0, 0.1) is 11.8 Å². The molecule has 0 aromatic heterocycles. The van der Waals surface area contributed by atoms with E-state index < -0.39 is 17.4 Å². The smallest absolute Gasteiger partial charge is 0.147 e. The Morgan fingerprint density at radius 1 is 0.625 bits per heavy atom. The third-order valence-electron chi connectivity index (χ3n) is 6.32. The first kappa shape index (κ1) is 24.1. The normalized spacial score (nSPS) is 23.8. The second-order valence-electron chi connectivity index (χ2n) is 7.51. The summed E-state index contributed by atoms with van der Waals surface area (Å²) in [4.78, 5) is 0. The fraction of sp³-hybridized carbons (Fsp3) is 0.571. The molecule has 2 rings (SSSR count). The van der Waals surface area contributed by atoms with Crippen molar-refractivity contribution in [1.82, 2.24) is 0 Å². The van der Waals surface area contributed by atoms with Gasteiger partial charge in [-0.25, -0.2) is 0 Å². The third kappa shape index (κ3) is 3.63. The Morgan fingerprint density at radius 3 is 1.08 bits per heavy atom. The van der Waals surface area contributed by atoms with Crippen molar-refractivity contribution in [2.45, 2.75) is 69.2 Å². The quantitative estimate of drug-likeness (QED) is 0.427. The standard InChI is InChI=1S/2C9H13.C3H6.2ClH.Ti/c2*1-6-5-7(2)9(4)8(6)3;1-3-2;;;/h2*6H,1-4H3;1-2H3;2*1H;. The molecule has 0 saturated heterocycles. The van der Waals surface area contributed by atoms with E-state index in [1.807, 2.05) is 7.76 Å². The Labute approximate surface area is 167 Å². The average Bonchev–Trinajstić information content (AvgIpc) is 2.76. The fourth-order valence-electron chi connectivity index (χ4n) is 4.22. The van der Waals surface area contributed by atoms with E-state index in [2.05, 4.69) is 69.2 Å². The molecule has 24 heavy (non-hydrogen) atoms. The van der Waals surface area contributed by atoms with Gasteiger partial charge in [0, 0.05) is 0 Å². The molecule has 0 bridgehead atoms. The van der Waals surface area contributed by atoms with Gasteiger partial charge in [-0.1, -0.05) is 0 Å². The molecule has 0 saturated carbocycles. The van der Waals surface area contributed by atoms with E-state index in [0.29, 0.717) is 11.8 Å². The van der Waals surface area contributed by atoms with Crippen molar-refractivity contribution in [3.63, 3.8) is 0 Å². The van der Waals surface area contributed by atoms with Gasteiger partial charge in [0.25, 0.3) is 0 Å². The van der Waals surface area contributed by atoms with Gasteiger partial charge in [0.15, 0.2) is 0 Å². The first-order valence-electron chi connectivity index (χ1n) is 8.56. The molecule has 0 aromatic rings. The molecule has 0 radical (unpaired) electrons. The van der Waals surface area contributed by atoms with E-state index in [9.17, 15) is 0 Å². The van der Waals surface area contributed by atoms with E-state index in [4.69, 9.17) is 0 Å². The zero-order valence-electron chi connectivity index (χ0n) is 17.0. The Bertz CT molecular complexity index is 641. The first-order chi connectivity index (χ1) is 10.1. The predicted molar refractivity (Wildman–Crippen MR) is 111 cm³/mol. The maximum atomic E-state index is 2.43. The molecule has 0 heterocycles. The molecule has 0 aromatic carbocycles. The van der Waals surface area contributed by atoms with E-state index in [0.717, 1.165) is 0 Å². The second kappa shape index (κ2) is 8.67. The largest absolute Gasteiger partial charge is 0.147 e. The molecule has 0 amide bonds. The van der Waals surface area contributed by atoms with Crippen LogP contribution in [0.2, 0.25) is 0 Å². The summed E-state index contributed by atoms with van der Waals surface area (Å²) >= 11 is -1.55. The van der Waals surface area contributed by atoms with Gasteiger partial charge >= 0.3 is 143 Å². The minimum absolute atomic E-state index is 0. The van der Waals surface area contributed by atoms with Gasteiger partial charge in [-0.2, -0.15) is 0 Å². The van der Waals surface area contributed by atoms with Crippen molar-refractivity contribution in [2.75, 3.05) is 0 Å². The van der Waals surface area contributed by atoms with Crippen LogP contribution in [0.25, 0.3) is 0 Å². The molecule has 0 fully saturated rings. The zero-order chi connectivity index (χ0) is 16.9. The SMILES string of the molecule is CC1=C(C)C(C)[C]([Ti]([C]2=C(C)C(C)=C(C)C2C)=[C](C)C)=C1C.Cl.Cl. The summed E-state index contributed by atoms with van der Waals surface area (Å²) in [6.07, 6.45) is 0. The molecule has 0 nitrogen and oxygen atoms in total. The maximum absolute atomic E-state index is 2.43. The second-order valence-corrected chi connectivity index (χ2v) is 11.9. The van der Waals surface area contributed by atoms with E-state index >= 15 is 0 Å². The maximum Gasteiger partial charge on any atom is -0.147 e. The summed E-state index contributed by atoms with van der Waals surface area (Å²) < 4.78 is 5.34. The van der Waals surface area contributed by atoms with Crippen LogP contribution in [0.1, 0.15) is 69.2 Å². The van der Waals surface area contributed by atoms with E-state index in [1.165, 1.54) is 0 Å². The number of rotatable bonds is 2. The Morgan fingerprint density at radius 2 is 0.917 bits per heavy atom. The van der Waals surface area contributed by atoms with Crippen LogP contribution in [0.5, 0.6) is 0 Å². The molecular formula is C21H34Cl2Ti. The number of hydrogen-bond acceptors (Lipinski definition) is 0. The Kier molecular flexibility index (Phi) is 8.72. The minimum Gasteiger partial charge on any atom is -0.147 e. The number of hydrogen-bond donors (Lipinski definition) is 0. The summed E-state index contributed by atoms with van der Waals surface area (Å²) in [7, 11) is 0. The van der Waals surface area contributed by atoms with Gasteiger partial charge in [0.1, 0.15) is 0 Å². The van der Waals surface area contributed by atoms with Crippen molar-refractivity contribution >= 4 is 28.6 Å². The summed E-state index contributed by atoms with van der Waals surface area (Å²) in [5.74, 6) is 1.30.